The molecule has 8 heteroatoms. The maximum Gasteiger partial charge on any atom is 0.416 e. The second-order valence-corrected chi connectivity index (χ2v) is 6.35. The number of carbonyl (C=O) groups is 1. The molecular formula is C19H24F3N3O2. The number of hydrogen-bond donors (Lipinski definition) is 1. The van der Waals surface area contributed by atoms with Crippen LogP contribution < -0.4 is 5.32 Å². The first-order valence-corrected chi connectivity index (χ1v) is 8.87. The number of nitrogens with zero attached hydrogens (tertiary/aromatic N) is 2. The van der Waals surface area contributed by atoms with E-state index in [4.69, 9.17) is 4.42 Å². The molecule has 5 nitrogen and oxygen atoms in total. The van der Waals surface area contributed by atoms with Crippen LogP contribution in [0.2, 0.25) is 0 Å². The molecule has 0 aliphatic heterocycles. The van der Waals surface area contributed by atoms with Gasteiger partial charge in [-0.1, -0.05) is 25.1 Å². The average Bonchev–Trinajstić information content (AvgIpc) is 3.09. The third-order valence-electron chi connectivity index (χ3n) is 4.31. The number of hydrogen-bond acceptors (Lipinski definition) is 4. The maximum absolute atomic E-state index is 12.9. The Morgan fingerprint density at radius 1 is 1.30 bits per heavy atom. The number of carbonyl (C=O) groups excluding carboxylic acids is 1. The van der Waals surface area contributed by atoms with Crippen molar-refractivity contribution >= 4 is 5.91 Å². The van der Waals surface area contributed by atoms with Crippen molar-refractivity contribution in [2.24, 2.45) is 0 Å². The number of nitrogens with one attached hydrogen (secondary N) is 1. The van der Waals surface area contributed by atoms with Crippen molar-refractivity contribution in [2.75, 3.05) is 6.54 Å². The number of amides is 1. The number of rotatable bonds is 8. The summed E-state index contributed by atoms with van der Waals surface area (Å²) in [7, 11) is 0. The molecule has 0 saturated heterocycles. The molecule has 1 aromatic heterocycles. The Morgan fingerprint density at radius 3 is 2.67 bits per heavy atom. The Morgan fingerprint density at radius 2 is 2.04 bits per heavy atom. The van der Waals surface area contributed by atoms with Crippen molar-refractivity contribution < 1.29 is 22.4 Å². The molecule has 1 N–H and O–H groups in total. The van der Waals surface area contributed by atoms with E-state index in [0.717, 1.165) is 18.6 Å². The highest BCUT2D eigenvalue weighted by Crippen LogP contribution is 2.30. The highest BCUT2D eigenvalue weighted by molar-refractivity contribution is 5.91. The van der Waals surface area contributed by atoms with E-state index in [2.05, 4.69) is 10.3 Å². The fraction of sp³-hybridized carbons (Fsp3) is 0.474. The molecule has 0 radical (unpaired) electrons. The summed E-state index contributed by atoms with van der Waals surface area (Å²) in [5.74, 6) is 0.0315. The molecule has 2 aromatic rings. The lowest BCUT2D eigenvalue weighted by atomic mass is 10.1. The minimum atomic E-state index is -4.37. The molecule has 0 saturated carbocycles. The second-order valence-electron chi connectivity index (χ2n) is 6.35. The Kier molecular flexibility index (Phi) is 7.01. The summed E-state index contributed by atoms with van der Waals surface area (Å²) in [6, 6.07) is 5.39. The Bertz CT molecular complexity index is 759. The predicted octanol–water partition coefficient (Wildman–Crippen LogP) is 4.24. The van der Waals surface area contributed by atoms with Crippen LogP contribution in [-0.4, -0.2) is 28.4 Å². The smallest absolute Gasteiger partial charge is 0.416 e. The monoisotopic (exact) mass is 383 g/mol. The number of alkyl halides is 3. The first-order valence-electron chi connectivity index (χ1n) is 8.87. The lowest BCUT2D eigenvalue weighted by Crippen LogP contribution is -2.32. The summed E-state index contributed by atoms with van der Waals surface area (Å²) in [4.78, 5) is 18.0. The third kappa shape index (κ3) is 5.82. The first kappa shape index (κ1) is 21.0. The van der Waals surface area contributed by atoms with Gasteiger partial charge in [0.05, 0.1) is 12.1 Å². The van der Waals surface area contributed by atoms with Crippen molar-refractivity contribution in [2.45, 2.75) is 52.5 Å². The van der Waals surface area contributed by atoms with Gasteiger partial charge < -0.3 is 9.73 Å². The lowest BCUT2D eigenvalue weighted by molar-refractivity contribution is -0.137. The molecule has 0 aliphatic carbocycles. The van der Waals surface area contributed by atoms with Gasteiger partial charge in [-0.05, 0) is 31.9 Å². The number of oxazole rings is 1. The molecule has 2 rings (SSSR count). The SMILES string of the molecule is CCNC(=O)c1coc(CN(Cc2cccc(C(F)(F)F)c2)C(C)CC)n1. The van der Waals surface area contributed by atoms with Gasteiger partial charge in [-0.2, -0.15) is 13.2 Å². The van der Waals surface area contributed by atoms with Crippen molar-refractivity contribution in [3.63, 3.8) is 0 Å². The number of aromatic nitrogens is 1. The van der Waals surface area contributed by atoms with Gasteiger partial charge in [0.2, 0.25) is 5.89 Å². The Labute approximate surface area is 156 Å². The van der Waals surface area contributed by atoms with E-state index >= 15 is 0 Å². The van der Waals surface area contributed by atoms with Gasteiger partial charge in [0.1, 0.15) is 6.26 Å². The fourth-order valence-corrected chi connectivity index (χ4v) is 2.62. The van der Waals surface area contributed by atoms with Gasteiger partial charge in [0, 0.05) is 19.1 Å². The molecule has 0 aliphatic rings. The Hall–Kier alpha value is -2.35. The molecule has 1 atom stereocenters. The van der Waals surface area contributed by atoms with Crippen LogP contribution in [0, 0.1) is 0 Å². The fourth-order valence-electron chi connectivity index (χ4n) is 2.62. The third-order valence-corrected chi connectivity index (χ3v) is 4.31. The zero-order valence-electron chi connectivity index (χ0n) is 15.6. The minimum Gasteiger partial charge on any atom is -0.447 e. The normalized spacial score (nSPS) is 13.0. The molecule has 1 heterocycles. The highest BCUT2D eigenvalue weighted by atomic mass is 19.4. The molecule has 0 fully saturated rings. The first-order chi connectivity index (χ1) is 12.7. The van der Waals surface area contributed by atoms with Crippen LogP contribution >= 0.6 is 0 Å². The van der Waals surface area contributed by atoms with E-state index in [1.54, 1.807) is 13.0 Å². The molecular weight excluding hydrogens is 359 g/mol. The topological polar surface area (TPSA) is 58.4 Å². The summed E-state index contributed by atoms with van der Waals surface area (Å²) in [6.07, 6.45) is -2.27. The van der Waals surface area contributed by atoms with Gasteiger partial charge >= 0.3 is 6.18 Å². The lowest BCUT2D eigenvalue weighted by Gasteiger charge is -2.27. The van der Waals surface area contributed by atoms with E-state index in [1.807, 2.05) is 18.7 Å². The van der Waals surface area contributed by atoms with Crippen LogP contribution in [0.1, 0.15) is 54.7 Å². The van der Waals surface area contributed by atoms with Crippen molar-refractivity contribution in [3.8, 4) is 0 Å². The molecule has 1 amide bonds. The molecule has 148 valence electrons. The molecule has 0 spiro atoms. The van der Waals surface area contributed by atoms with Crippen LogP contribution in [0.4, 0.5) is 13.2 Å². The van der Waals surface area contributed by atoms with E-state index < -0.39 is 11.7 Å². The second kappa shape index (κ2) is 9.03. The molecule has 0 bridgehead atoms. The van der Waals surface area contributed by atoms with Gasteiger partial charge in [-0.15, -0.1) is 0 Å². The van der Waals surface area contributed by atoms with E-state index in [0.29, 0.717) is 31.1 Å². The van der Waals surface area contributed by atoms with Crippen LogP contribution in [-0.2, 0) is 19.3 Å². The molecule has 1 aromatic carbocycles. The summed E-state index contributed by atoms with van der Waals surface area (Å²) in [6.45, 7) is 6.89. The van der Waals surface area contributed by atoms with Gasteiger partial charge in [0.25, 0.3) is 5.91 Å². The Balaban J connectivity index is 2.16. The van der Waals surface area contributed by atoms with E-state index in [-0.39, 0.29) is 17.6 Å². The van der Waals surface area contributed by atoms with Gasteiger partial charge in [0.15, 0.2) is 5.69 Å². The summed E-state index contributed by atoms with van der Waals surface area (Å²) in [5, 5.41) is 2.64. The summed E-state index contributed by atoms with van der Waals surface area (Å²) < 4.78 is 44.2. The quantitative estimate of drug-likeness (QED) is 0.741. The van der Waals surface area contributed by atoms with Crippen LogP contribution in [0.5, 0.6) is 0 Å². The number of halogens is 3. The van der Waals surface area contributed by atoms with Crippen LogP contribution in [0.15, 0.2) is 34.9 Å². The van der Waals surface area contributed by atoms with Crippen LogP contribution in [0.25, 0.3) is 0 Å². The van der Waals surface area contributed by atoms with E-state index in [9.17, 15) is 18.0 Å². The molecule has 27 heavy (non-hydrogen) atoms. The van der Waals surface area contributed by atoms with Gasteiger partial charge in [-0.25, -0.2) is 4.98 Å². The van der Waals surface area contributed by atoms with Crippen molar-refractivity contribution in [1.29, 1.82) is 0 Å². The zero-order chi connectivity index (χ0) is 20.0. The zero-order valence-corrected chi connectivity index (χ0v) is 15.6. The highest BCUT2D eigenvalue weighted by Gasteiger charge is 2.30. The standard InChI is InChI=1S/C19H24F3N3O2/c1-4-13(3)25(10-14-7-6-8-15(9-14)19(20,21)22)11-17-24-16(12-27-17)18(26)23-5-2/h6-9,12-13H,4-5,10-11H2,1-3H3,(H,23,26). The largest absolute Gasteiger partial charge is 0.447 e. The number of benzene rings is 1. The van der Waals surface area contributed by atoms with Gasteiger partial charge in [-0.3, -0.25) is 9.69 Å². The summed E-state index contributed by atoms with van der Waals surface area (Å²) >= 11 is 0. The van der Waals surface area contributed by atoms with E-state index in [1.165, 1.54) is 12.3 Å². The average molecular weight is 383 g/mol. The van der Waals surface area contributed by atoms with Crippen molar-refractivity contribution in [3.05, 3.63) is 53.2 Å². The minimum absolute atomic E-state index is 0.0966. The maximum atomic E-state index is 12.9. The molecule has 1 unspecified atom stereocenters. The van der Waals surface area contributed by atoms with Crippen LogP contribution in [0.3, 0.4) is 0 Å². The van der Waals surface area contributed by atoms with Crippen molar-refractivity contribution in [1.82, 2.24) is 15.2 Å². The predicted molar refractivity (Wildman–Crippen MR) is 95.0 cm³/mol. The summed E-state index contributed by atoms with van der Waals surface area (Å²) in [5.41, 5.74) is 0.0781.